The van der Waals surface area contributed by atoms with E-state index in [1.165, 1.54) is 0 Å². The summed E-state index contributed by atoms with van der Waals surface area (Å²) in [5.74, 6) is -4.65. The first-order chi connectivity index (χ1) is 19.8. The molecule has 1 aliphatic rings. The van der Waals surface area contributed by atoms with Gasteiger partial charge in [-0.25, -0.2) is 0 Å². The van der Waals surface area contributed by atoms with Gasteiger partial charge in [-0.15, -0.1) is 0 Å². The van der Waals surface area contributed by atoms with Gasteiger partial charge < -0.3 is 38.5 Å². The van der Waals surface area contributed by atoms with E-state index in [1.807, 2.05) is 0 Å². The topological polar surface area (TPSA) is 224 Å². The summed E-state index contributed by atoms with van der Waals surface area (Å²) in [7, 11) is 0. The van der Waals surface area contributed by atoms with Crippen LogP contribution in [-0.4, -0.2) is 79.3 Å². The summed E-state index contributed by atoms with van der Waals surface area (Å²) in [5.41, 5.74) is 16.2. The fourth-order valence-corrected chi connectivity index (χ4v) is 4.35. The van der Waals surface area contributed by atoms with E-state index >= 15 is 0 Å². The molecule has 0 bridgehead atoms. The SMILES string of the molecule is NCCCC[C@@H]1NC(=O)CCCCCC(=O)NCCCC[C@@H](C(=O)C(F)(F)F)NC(=O)[C@H](CCCN=C(N)N)NC1=O. The molecule has 0 aromatic carbocycles. The maximum Gasteiger partial charge on any atom is 0.452 e. The molecule has 0 aromatic heterocycles. The lowest BCUT2D eigenvalue weighted by molar-refractivity contribution is -0.174. The van der Waals surface area contributed by atoms with E-state index in [4.69, 9.17) is 17.2 Å². The van der Waals surface area contributed by atoms with Crippen molar-refractivity contribution in [1.29, 1.82) is 0 Å². The fraction of sp³-hybridized carbons (Fsp3) is 0.769. The van der Waals surface area contributed by atoms with Crippen LogP contribution in [0.2, 0.25) is 0 Å². The Morgan fingerprint density at radius 1 is 0.810 bits per heavy atom. The molecule has 0 unspecified atom stereocenters. The number of ketones is 1. The normalized spacial score (nSPS) is 22.6. The highest BCUT2D eigenvalue weighted by molar-refractivity contribution is 5.96. The Kier molecular flexibility index (Phi) is 17.1. The van der Waals surface area contributed by atoms with Gasteiger partial charge in [0, 0.05) is 25.9 Å². The minimum absolute atomic E-state index is 0.0588. The average Bonchev–Trinajstić information content (AvgIpc) is 2.91. The van der Waals surface area contributed by atoms with Gasteiger partial charge in [-0.2, -0.15) is 13.2 Å². The molecule has 240 valence electrons. The number of halogens is 3. The maximum atomic E-state index is 13.3. The van der Waals surface area contributed by atoms with Crippen molar-refractivity contribution < 1.29 is 37.1 Å². The molecule has 0 radical (unpaired) electrons. The van der Waals surface area contributed by atoms with Crippen LogP contribution in [0.5, 0.6) is 0 Å². The maximum absolute atomic E-state index is 13.3. The van der Waals surface area contributed by atoms with Gasteiger partial charge in [0.15, 0.2) is 5.96 Å². The monoisotopic (exact) mass is 606 g/mol. The molecule has 1 aliphatic heterocycles. The number of carbonyl (C=O) groups excluding carboxylic acids is 5. The first kappa shape index (κ1) is 36.6. The molecule has 0 spiro atoms. The second-order valence-corrected chi connectivity index (χ2v) is 10.2. The van der Waals surface area contributed by atoms with Crippen LogP contribution in [0.1, 0.15) is 83.5 Å². The largest absolute Gasteiger partial charge is 0.452 e. The van der Waals surface area contributed by atoms with E-state index in [0.717, 1.165) is 0 Å². The number of rotatable bonds is 9. The number of nitrogens with two attached hydrogens (primary N) is 3. The molecule has 1 rings (SSSR count). The lowest BCUT2D eigenvalue weighted by Crippen LogP contribution is -2.56. The van der Waals surface area contributed by atoms with E-state index in [9.17, 15) is 37.1 Å². The van der Waals surface area contributed by atoms with E-state index in [1.54, 1.807) is 0 Å². The molecule has 1 heterocycles. The van der Waals surface area contributed by atoms with Gasteiger partial charge in [-0.05, 0) is 70.8 Å². The number of hydrogen-bond acceptors (Lipinski definition) is 7. The van der Waals surface area contributed by atoms with Gasteiger partial charge >= 0.3 is 6.18 Å². The third kappa shape index (κ3) is 15.5. The fourth-order valence-electron chi connectivity index (χ4n) is 4.35. The van der Waals surface area contributed by atoms with Crippen LogP contribution in [0.4, 0.5) is 13.2 Å². The van der Waals surface area contributed by atoms with Crippen LogP contribution in [-0.2, 0) is 24.0 Å². The summed E-state index contributed by atoms with van der Waals surface area (Å²) in [6, 6.07) is -4.26. The average molecular weight is 607 g/mol. The molecule has 0 saturated carbocycles. The van der Waals surface area contributed by atoms with Crippen molar-refractivity contribution in [2.45, 2.75) is 108 Å². The van der Waals surface area contributed by atoms with Gasteiger partial charge in [-0.3, -0.25) is 29.0 Å². The number of aliphatic imine (C=N–C) groups is 1. The summed E-state index contributed by atoms with van der Waals surface area (Å²) in [5, 5.41) is 10.0. The first-order valence-corrected chi connectivity index (χ1v) is 14.4. The van der Waals surface area contributed by atoms with Crippen LogP contribution in [0.25, 0.3) is 0 Å². The molecule has 1 saturated heterocycles. The number of alkyl halides is 3. The number of carbonyl (C=O) groups is 5. The standard InChI is InChI=1S/C26H45F3N8O5/c27-26(28,29)22(40)17-9-5-7-15-33-20(38)12-2-1-3-13-21(39)35-18(10-4-6-14-30)23(41)37-19(24(42)36-17)11-8-16-34-25(31)32/h17-19H,1-16,30H2,(H,33,38)(H,35,39)(H,36,42)(H,37,41)(H4,31,32,34)/t17-,18-,19-/m0/s1. The van der Waals surface area contributed by atoms with E-state index < -0.39 is 47.8 Å². The van der Waals surface area contributed by atoms with Crippen molar-refractivity contribution in [1.82, 2.24) is 21.3 Å². The van der Waals surface area contributed by atoms with Gasteiger partial charge in [0.05, 0.1) is 6.04 Å². The number of nitrogens with zero attached hydrogens (tertiary/aromatic N) is 1. The van der Waals surface area contributed by atoms with Gasteiger partial charge in [0.1, 0.15) is 12.1 Å². The quantitative estimate of drug-likeness (QED) is 0.107. The lowest BCUT2D eigenvalue weighted by atomic mass is 10.0. The van der Waals surface area contributed by atoms with Gasteiger partial charge in [0.25, 0.3) is 5.78 Å². The summed E-state index contributed by atoms with van der Waals surface area (Å²) < 4.78 is 40.0. The number of nitrogens with one attached hydrogen (secondary N) is 4. The highest BCUT2D eigenvalue weighted by atomic mass is 19.4. The van der Waals surface area contributed by atoms with Gasteiger partial charge in [0.2, 0.25) is 23.6 Å². The highest BCUT2D eigenvalue weighted by Crippen LogP contribution is 2.20. The Bertz CT molecular complexity index is 928. The third-order valence-corrected chi connectivity index (χ3v) is 6.64. The van der Waals surface area contributed by atoms with Gasteiger partial charge in [-0.1, -0.05) is 6.42 Å². The van der Waals surface area contributed by atoms with Crippen molar-refractivity contribution >= 4 is 35.4 Å². The van der Waals surface area contributed by atoms with E-state index in [-0.39, 0.29) is 76.3 Å². The zero-order chi connectivity index (χ0) is 31.5. The summed E-state index contributed by atoms with van der Waals surface area (Å²) >= 11 is 0. The van der Waals surface area contributed by atoms with Crippen LogP contribution < -0.4 is 38.5 Å². The molecule has 4 amide bonds. The van der Waals surface area contributed by atoms with Crippen molar-refractivity contribution in [2.24, 2.45) is 22.2 Å². The Hall–Kier alpha value is -3.43. The number of guanidine groups is 1. The van der Waals surface area contributed by atoms with Crippen molar-refractivity contribution in [2.75, 3.05) is 19.6 Å². The van der Waals surface area contributed by atoms with Crippen LogP contribution in [0.3, 0.4) is 0 Å². The Balaban J connectivity index is 3.23. The smallest absolute Gasteiger partial charge is 0.370 e. The number of amides is 4. The third-order valence-electron chi connectivity index (χ3n) is 6.64. The van der Waals surface area contributed by atoms with E-state index in [2.05, 4.69) is 26.3 Å². The van der Waals surface area contributed by atoms with E-state index in [0.29, 0.717) is 38.6 Å². The van der Waals surface area contributed by atoms with Crippen LogP contribution in [0, 0.1) is 0 Å². The second-order valence-electron chi connectivity index (χ2n) is 10.2. The van der Waals surface area contributed by atoms with Crippen molar-refractivity contribution in [3.05, 3.63) is 0 Å². The molecule has 0 aromatic rings. The predicted molar refractivity (Wildman–Crippen MR) is 150 cm³/mol. The Morgan fingerprint density at radius 2 is 1.43 bits per heavy atom. The number of Topliss-reactive ketones (excluding diaryl/α,β-unsaturated/α-hetero) is 1. The molecule has 3 atom stereocenters. The Labute approximate surface area is 243 Å². The summed E-state index contributed by atoms with van der Waals surface area (Å²) in [6.07, 6.45) is -1.75. The zero-order valence-electron chi connectivity index (χ0n) is 23.9. The van der Waals surface area contributed by atoms with Crippen molar-refractivity contribution in [3.8, 4) is 0 Å². The van der Waals surface area contributed by atoms with Crippen LogP contribution in [0.15, 0.2) is 4.99 Å². The predicted octanol–water partition coefficient (Wildman–Crippen LogP) is 0.00540. The summed E-state index contributed by atoms with van der Waals surface area (Å²) in [4.78, 5) is 67.0. The molecule has 42 heavy (non-hydrogen) atoms. The number of hydrogen-bond donors (Lipinski definition) is 7. The minimum Gasteiger partial charge on any atom is -0.370 e. The molecule has 16 heteroatoms. The zero-order valence-corrected chi connectivity index (χ0v) is 23.9. The molecule has 0 aliphatic carbocycles. The lowest BCUT2D eigenvalue weighted by Gasteiger charge is -2.26. The molecular formula is C26H45F3N8O5. The highest BCUT2D eigenvalue weighted by Gasteiger charge is 2.44. The first-order valence-electron chi connectivity index (χ1n) is 14.4. The molecular weight excluding hydrogens is 561 g/mol. The molecule has 1 fully saturated rings. The minimum atomic E-state index is -5.20. The summed E-state index contributed by atoms with van der Waals surface area (Å²) in [6.45, 7) is 0.632. The van der Waals surface area contributed by atoms with Crippen LogP contribution >= 0.6 is 0 Å². The Morgan fingerprint density at radius 3 is 2.07 bits per heavy atom. The number of unbranched alkanes of at least 4 members (excludes halogenated alkanes) is 1. The van der Waals surface area contributed by atoms with Crippen molar-refractivity contribution in [3.63, 3.8) is 0 Å². The molecule has 13 nitrogen and oxygen atoms in total. The second kappa shape index (κ2) is 19.6. The molecule has 10 N–H and O–H groups in total.